The van der Waals surface area contributed by atoms with Crippen molar-refractivity contribution in [2.24, 2.45) is 5.73 Å². The molecule has 2 atom stereocenters. The van der Waals surface area contributed by atoms with Crippen molar-refractivity contribution in [3.05, 3.63) is 83.4 Å². The van der Waals surface area contributed by atoms with E-state index in [1.165, 1.54) is 24.3 Å². The second-order valence-corrected chi connectivity index (χ2v) is 11.0. The van der Waals surface area contributed by atoms with Gasteiger partial charge in [0.2, 0.25) is 11.5 Å². The Morgan fingerprint density at radius 1 is 1.13 bits per heavy atom. The Bertz CT molecular complexity index is 1810. The zero-order chi connectivity index (χ0) is 32.1. The number of rotatable bonds is 9. The number of aliphatic hydroxyl groups is 2. The molecule has 3 heterocycles. The first kappa shape index (κ1) is 30.2. The molecule has 0 spiro atoms. The van der Waals surface area contributed by atoms with Crippen LogP contribution in [0.25, 0.3) is 22.2 Å². The van der Waals surface area contributed by atoms with Crippen LogP contribution in [-0.4, -0.2) is 64.0 Å². The van der Waals surface area contributed by atoms with E-state index >= 15 is 0 Å². The maximum absolute atomic E-state index is 14.7. The number of hydrogen-bond acceptors (Lipinski definition) is 8. The predicted molar refractivity (Wildman–Crippen MR) is 151 cm³/mol. The first-order chi connectivity index (χ1) is 21.4. The average molecular weight is 627 g/mol. The zero-order valence-electron chi connectivity index (χ0n) is 23.4. The van der Waals surface area contributed by atoms with E-state index in [-0.39, 0.29) is 34.2 Å². The smallest absolute Gasteiger partial charge is 0.424 e. The molecule has 4 aromatic rings. The van der Waals surface area contributed by atoms with Crippen LogP contribution in [-0.2, 0) is 15.8 Å². The molecule has 0 saturated heterocycles. The van der Waals surface area contributed by atoms with E-state index in [1.54, 1.807) is 18.3 Å². The summed E-state index contributed by atoms with van der Waals surface area (Å²) >= 11 is 0. The highest BCUT2D eigenvalue weighted by atomic mass is 19.4. The number of fused-ring (bicyclic) bond motifs is 2. The summed E-state index contributed by atoms with van der Waals surface area (Å²) in [5.41, 5.74) is -1.21. The van der Waals surface area contributed by atoms with Crippen LogP contribution in [0.15, 0.2) is 60.8 Å². The molecule has 0 radical (unpaired) electrons. The zero-order valence-corrected chi connectivity index (χ0v) is 23.4. The molecular weight excluding hydrogens is 600 g/mol. The van der Waals surface area contributed by atoms with Crippen LogP contribution in [0.2, 0.25) is 0 Å². The highest BCUT2D eigenvalue weighted by molar-refractivity contribution is 6.00. The number of aliphatic hydroxyl groups excluding tert-OH is 1. The Morgan fingerprint density at radius 3 is 2.51 bits per heavy atom. The van der Waals surface area contributed by atoms with Crippen LogP contribution in [0.5, 0.6) is 11.5 Å². The molecule has 5 N–H and O–H groups in total. The highest BCUT2D eigenvalue weighted by Crippen LogP contribution is 2.48. The van der Waals surface area contributed by atoms with Crippen molar-refractivity contribution in [2.75, 3.05) is 19.8 Å². The Labute approximate surface area is 252 Å². The monoisotopic (exact) mass is 626 g/mol. The van der Waals surface area contributed by atoms with Gasteiger partial charge in [0, 0.05) is 28.3 Å². The van der Waals surface area contributed by atoms with Crippen molar-refractivity contribution >= 4 is 22.7 Å². The first-order valence-electron chi connectivity index (χ1n) is 13.8. The quantitative estimate of drug-likeness (QED) is 0.206. The molecule has 1 aliphatic heterocycles. The maximum Gasteiger partial charge on any atom is 0.424 e. The summed E-state index contributed by atoms with van der Waals surface area (Å²) in [6.45, 7) is -2.83. The topological polar surface area (TPSA) is 157 Å². The molecule has 6 rings (SSSR count). The fourth-order valence-corrected chi connectivity index (χ4v) is 5.13. The molecule has 1 aliphatic carbocycles. The number of halogens is 4. The van der Waals surface area contributed by atoms with Crippen LogP contribution in [0.3, 0.4) is 0 Å². The molecule has 1 fully saturated rings. The lowest BCUT2D eigenvalue weighted by atomic mass is 9.80. The normalized spacial score (nSPS) is 19.0. The molecule has 45 heavy (non-hydrogen) atoms. The second-order valence-electron chi connectivity index (χ2n) is 11.0. The summed E-state index contributed by atoms with van der Waals surface area (Å²) in [6.07, 6.45) is -2.29. The molecule has 234 valence electrons. The third-order valence-electron chi connectivity index (χ3n) is 7.96. The summed E-state index contributed by atoms with van der Waals surface area (Å²) in [7, 11) is 0. The molecular formula is C31H26F4N4O6. The molecule has 2 aromatic heterocycles. The van der Waals surface area contributed by atoms with Crippen LogP contribution < -0.4 is 20.5 Å². The van der Waals surface area contributed by atoms with E-state index in [1.807, 2.05) is 0 Å². The number of aromatic nitrogens is 2. The minimum absolute atomic E-state index is 0.0361. The number of carbonyl (C=O) groups excluding carboxylic acids is 2. The number of primary amides is 1. The lowest BCUT2D eigenvalue weighted by Gasteiger charge is -2.31. The van der Waals surface area contributed by atoms with Gasteiger partial charge in [-0.3, -0.25) is 14.6 Å². The standard InChI is InChI=1S/C31H26F4N4O6/c32-19-5-3-16(4-6-19)25-26-21(29(14-40,15-44-26)28(36)42)12-23(39-25)30(43,31(33,34)35)13-38-27(41)18-10-17-2-1-9-37-24(17)22(11-18)45-20-7-8-20/h1-6,9-12,20,40,43H,7-8,13-15H2,(H2,36,42)(H,38,41)/t29-,30-/m0/s1. The molecule has 14 heteroatoms. The van der Waals surface area contributed by atoms with Crippen molar-refractivity contribution in [3.8, 4) is 22.8 Å². The molecule has 2 aliphatic rings. The fourth-order valence-electron chi connectivity index (χ4n) is 5.13. The number of hydrogen-bond donors (Lipinski definition) is 4. The van der Waals surface area contributed by atoms with E-state index in [4.69, 9.17) is 15.2 Å². The van der Waals surface area contributed by atoms with Gasteiger partial charge in [0.1, 0.15) is 40.5 Å². The molecule has 0 unspecified atom stereocenters. The largest absolute Gasteiger partial charge is 0.489 e. The number of alkyl halides is 3. The third-order valence-corrected chi connectivity index (χ3v) is 7.96. The van der Waals surface area contributed by atoms with Gasteiger partial charge in [-0.2, -0.15) is 13.2 Å². The van der Waals surface area contributed by atoms with Gasteiger partial charge in [0.25, 0.3) is 5.91 Å². The van der Waals surface area contributed by atoms with Gasteiger partial charge in [-0.05, 0) is 61.4 Å². The SMILES string of the molecule is NC(=O)[C@@]1(CO)COc2c1cc([C@@](O)(CNC(=O)c1cc(OC3CC3)c3ncccc3c1)C(F)(F)F)nc2-c1ccc(F)cc1. The van der Waals surface area contributed by atoms with Gasteiger partial charge in [0.15, 0.2) is 0 Å². The summed E-state index contributed by atoms with van der Waals surface area (Å²) in [5.74, 6) is -2.56. The molecule has 1 saturated carbocycles. The van der Waals surface area contributed by atoms with Gasteiger partial charge in [0.05, 0.1) is 24.9 Å². The molecule has 2 amide bonds. The maximum atomic E-state index is 14.7. The van der Waals surface area contributed by atoms with E-state index in [9.17, 15) is 37.4 Å². The van der Waals surface area contributed by atoms with Gasteiger partial charge >= 0.3 is 6.18 Å². The number of nitrogens with one attached hydrogen (secondary N) is 1. The summed E-state index contributed by atoms with van der Waals surface area (Å²) in [5, 5.41) is 24.1. The Hall–Kier alpha value is -4.82. The van der Waals surface area contributed by atoms with Crippen molar-refractivity contribution in [3.63, 3.8) is 0 Å². The number of amides is 2. The van der Waals surface area contributed by atoms with Crippen molar-refractivity contribution in [1.82, 2.24) is 15.3 Å². The number of pyridine rings is 2. The third kappa shape index (κ3) is 5.29. The molecule has 0 bridgehead atoms. The Morgan fingerprint density at radius 2 is 1.87 bits per heavy atom. The Balaban J connectivity index is 1.41. The summed E-state index contributed by atoms with van der Waals surface area (Å²) in [4.78, 5) is 34.1. The van der Waals surface area contributed by atoms with Crippen molar-refractivity contribution in [2.45, 2.75) is 36.1 Å². The molecule has 10 nitrogen and oxygen atoms in total. The number of ether oxygens (including phenoxy) is 2. The highest BCUT2D eigenvalue weighted by Gasteiger charge is 2.58. The second kappa shape index (κ2) is 11.0. The van der Waals surface area contributed by atoms with Crippen molar-refractivity contribution < 1.29 is 46.8 Å². The lowest BCUT2D eigenvalue weighted by Crippen LogP contribution is -2.52. The van der Waals surface area contributed by atoms with Crippen LogP contribution in [0, 0.1) is 5.82 Å². The molecule has 2 aromatic carbocycles. The number of carbonyl (C=O) groups is 2. The number of nitrogens with two attached hydrogens (primary N) is 1. The summed E-state index contributed by atoms with van der Waals surface area (Å²) < 4.78 is 69.4. The first-order valence-corrected chi connectivity index (χ1v) is 13.8. The van der Waals surface area contributed by atoms with E-state index in [0.29, 0.717) is 16.7 Å². The van der Waals surface area contributed by atoms with Crippen LogP contribution >= 0.6 is 0 Å². The fraction of sp³-hybridized carbons (Fsp3) is 0.290. The van der Waals surface area contributed by atoms with Gasteiger partial charge in [-0.25, -0.2) is 9.37 Å². The van der Waals surface area contributed by atoms with Gasteiger partial charge in [-0.1, -0.05) is 6.07 Å². The van der Waals surface area contributed by atoms with Gasteiger partial charge < -0.3 is 30.7 Å². The van der Waals surface area contributed by atoms with E-state index < -0.39 is 60.3 Å². The predicted octanol–water partition coefficient (Wildman–Crippen LogP) is 3.26. The van der Waals surface area contributed by atoms with Crippen molar-refractivity contribution in [1.29, 1.82) is 0 Å². The number of benzene rings is 2. The minimum atomic E-state index is -5.41. The van der Waals surface area contributed by atoms with Crippen LogP contribution in [0.1, 0.15) is 34.5 Å². The van der Waals surface area contributed by atoms with E-state index in [2.05, 4.69) is 15.3 Å². The Kier molecular flexibility index (Phi) is 7.36. The van der Waals surface area contributed by atoms with Crippen LogP contribution in [0.4, 0.5) is 17.6 Å². The average Bonchev–Trinajstić information content (AvgIpc) is 3.75. The van der Waals surface area contributed by atoms with E-state index in [0.717, 1.165) is 31.0 Å². The lowest BCUT2D eigenvalue weighted by molar-refractivity contribution is -0.265. The minimum Gasteiger partial charge on any atom is -0.489 e. The van der Waals surface area contributed by atoms with Gasteiger partial charge in [-0.15, -0.1) is 0 Å². The summed E-state index contributed by atoms with van der Waals surface area (Å²) in [6, 6.07) is 11.4. The number of nitrogens with zero attached hydrogens (tertiary/aromatic N) is 2.